The summed E-state index contributed by atoms with van der Waals surface area (Å²) in [5, 5.41) is 16.3. The van der Waals surface area contributed by atoms with E-state index in [4.69, 9.17) is 58.9 Å². The number of azide groups is 2. The Hall–Kier alpha value is -0.540. The van der Waals surface area contributed by atoms with Crippen molar-refractivity contribution in [3.05, 3.63) is 33.5 Å². The van der Waals surface area contributed by atoms with Gasteiger partial charge in [0, 0.05) is 35.1 Å². The van der Waals surface area contributed by atoms with E-state index in [0.717, 1.165) is 38.5 Å². The van der Waals surface area contributed by atoms with Crippen molar-refractivity contribution in [1.82, 2.24) is 4.67 Å². The lowest BCUT2D eigenvalue weighted by atomic mass is 10.1. The van der Waals surface area contributed by atoms with Gasteiger partial charge in [0.05, 0.1) is 57.3 Å². The van der Waals surface area contributed by atoms with Gasteiger partial charge < -0.3 is 32.7 Å². The third kappa shape index (κ3) is 35.4. The molecule has 1 N–H and O–H groups in total. The summed E-state index contributed by atoms with van der Waals surface area (Å²) in [6, 6.07) is -0.461. The van der Waals surface area contributed by atoms with Crippen LogP contribution < -0.4 is 0 Å². The molecule has 0 spiro atoms. The minimum atomic E-state index is -1.31. The first-order valence-electron chi connectivity index (χ1n) is 20.5. The molecule has 0 aromatic rings. The predicted molar refractivity (Wildman–Crippen MR) is 239 cm³/mol. The van der Waals surface area contributed by atoms with E-state index in [1.54, 1.807) is 6.08 Å². The topological polar surface area (TPSA) is 176 Å². The zero-order valence-corrected chi connectivity index (χ0v) is 38.8. The highest BCUT2D eigenvalue weighted by atomic mass is 31.2. The predicted octanol–water partition coefficient (Wildman–Crippen LogP) is 11.4. The summed E-state index contributed by atoms with van der Waals surface area (Å²) in [7, 11) is 8.60. The van der Waals surface area contributed by atoms with Gasteiger partial charge in [0.25, 0.3) is 8.53 Å². The van der Waals surface area contributed by atoms with Crippen LogP contribution in [0.4, 0.5) is 0 Å². The molecule has 0 aliphatic carbocycles. The molecule has 0 aromatic heterocycles. The lowest BCUT2D eigenvalue weighted by Gasteiger charge is -2.35. The van der Waals surface area contributed by atoms with Gasteiger partial charge in [-0.15, -0.1) is 6.58 Å². The fraction of sp³-hybridized carbons (Fsp3) is 0.946. The zero-order chi connectivity index (χ0) is 42.4. The Morgan fingerprint density at radius 1 is 0.696 bits per heavy atom. The van der Waals surface area contributed by atoms with Crippen molar-refractivity contribution >= 4 is 39.7 Å². The lowest BCUT2D eigenvalue weighted by molar-refractivity contribution is 0.0737. The maximum Gasteiger partial charge on any atom is 0.259 e. The molecule has 0 saturated carbocycles. The van der Waals surface area contributed by atoms with Crippen LogP contribution in [0.3, 0.4) is 0 Å². The number of nitrogens with zero attached hydrogens (tertiary/aromatic N) is 7. The highest BCUT2D eigenvalue weighted by Crippen LogP contribution is 2.46. The van der Waals surface area contributed by atoms with Crippen molar-refractivity contribution in [2.24, 2.45) is 10.2 Å². The molecule has 0 rings (SSSR count). The molecule has 0 aliphatic heterocycles. The third-order valence-corrected chi connectivity index (χ3v) is 11.5. The van der Waals surface area contributed by atoms with Crippen LogP contribution in [0, 0.1) is 0 Å². The van der Waals surface area contributed by atoms with Crippen molar-refractivity contribution in [2.75, 3.05) is 59.6 Å². The SMILES string of the molecule is [B]P(C)O[C@H](CCCCCCC)CCOCC(CO)N=[N+]=[N-].[B]P(C)O[C@H](CCCCCCC)CCOCC(COP(OCC=C)N(C(C)C)C(C)C)N=[N+]=[N-]. The standard InChI is InChI=1S/C23H47BN4O4P2.C14H29BN3O3P/c1-8-10-11-12-13-14-23(32-33(7)24)15-17-29-18-22(26-27-25)19-31-34(30-16-9-2)28(20(3)4)21(5)6;1-3-4-5-6-7-8-14(21-22(2)15)9-10-20-12-13(11-19)17-18-16/h9,20-23H,2,8,10-19H2,1,3-7H3;13-14,19H,3-12H2,1-2H3/t22?,23-,33?,34?;13?,14-,22?/m11/s1. The normalized spacial score (nSPS) is 15.2. The number of hydrogen-bond acceptors (Lipinski definition) is 10. The molecule has 0 aliphatic rings. The molecule has 0 fully saturated rings. The van der Waals surface area contributed by atoms with E-state index in [9.17, 15) is 0 Å². The summed E-state index contributed by atoms with van der Waals surface area (Å²) in [5.41, 5.74) is 17.3. The van der Waals surface area contributed by atoms with Gasteiger partial charge in [0.15, 0.2) is 0 Å². The summed E-state index contributed by atoms with van der Waals surface area (Å²) >= 11 is 0. The average Bonchev–Trinajstić information content (AvgIpc) is 3.14. The second-order valence-corrected chi connectivity index (χ2v) is 18.3. The number of hydrogen-bond donors (Lipinski definition) is 1. The molecule has 0 saturated heterocycles. The molecule has 14 nitrogen and oxygen atoms in total. The molecule has 0 amide bonds. The van der Waals surface area contributed by atoms with E-state index in [2.05, 4.69) is 72.8 Å². The molecule has 4 radical (unpaired) electrons. The molecule has 0 bridgehead atoms. The maximum atomic E-state index is 9.00. The minimum absolute atomic E-state index is 0.0997. The van der Waals surface area contributed by atoms with Gasteiger partial charge in [-0.25, -0.2) is 4.67 Å². The maximum absolute atomic E-state index is 9.00. The van der Waals surface area contributed by atoms with Crippen molar-refractivity contribution < 1.29 is 32.7 Å². The first-order chi connectivity index (χ1) is 26.9. The molecule has 322 valence electrons. The van der Waals surface area contributed by atoms with Crippen LogP contribution in [0.15, 0.2) is 22.9 Å². The molecule has 7 atom stereocenters. The van der Waals surface area contributed by atoms with Crippen LogP contribution >= 0.6 is 24.6 Å². The van der Waals surface area contributed by atoms with E-state index in [1.807, 2.05) is 13.3 Å². The summed E-state index contributed by atoms with van der Waals surface area (Å²) in [6.07, 6.45) is 17.8. The third-order valence-electron chi connectivity index (χ3n) is 8.25. The number of aliphatic hydroxyl groups is 1. The van der Waals surface area contributed by atoms with Crippen molar-refractivity contribution in [1.29, 1.82) is 0 Å². The summed E-state index contributed by atoms with van der Waals surface area (Å²) in [5.74, 6) is 0. The second-order valence-electron chi connectivity index (χ2n) is 14.3. The molecular weight excluding hydrogens is 769 g/mol. The average molecular weight is 846 g/mol. The minimum Gasteiger partial charge on any atom is -0.396 e. The van der Waals surface area contributed by atoms with Gasteiger partial charge >= 0.3 is 0 Å². The quantitative estimate of drug-likeness (QED) is 0.0121. The fourth-order valence-electron chi connectivity index (χ4n) is 5.58. The van der Waals surface area contributed by atoms with E-state index < -0.39 is 36.7 Å². The van der Waals surface area contributed by atoms with Crippen LogP contribution in [-0.4, -0.2) is 121 Å². The van der Waals surface area contributed by atoms with Crippen molar-refractivity contribution in [3.63, 3.8) is 0 Å². The van der Waals surface area contributed by atoms with Crippen LogP contribution in [0.1, 0.15) is 131 Å². The van der Waals surface area contributed by atoms with Crippen LogP contribution in [-0.2, 0) is 27.6 Å². The van der Waals surface area contributed by atoms with Gasteiger partial charge in [0.2, 0.25) is 0 Å². The van der Waals surface area contributed by atoms with Gasteiger partial charge in [-0.2, -0.15) is 0 Å². The van der Waals surface area contributed by atoms with Crippen molar-refractivity contribution in [2.45, 2.75) is 168 Å². The molecule has 19 heteroatoms. The van der Waals surface area contributed by atoms with E-state index in [-0.39, 0.29) is 50.7 Å². The first-order valence-corrected chi connectivity index (χ1v) is 25.2. The first kappa shape index (κ1) is 57.6. The van der Waals surface area contributed by atoms with Crippen LogP contribution in [0.2, 0.25) is 0 Å². The Kier molecular flexibility index (Phi) is 42.3. The summed E-state index contributed by atoms with van der Waals surface area (Å²) in [6.45, 7) is 22.4. The number of ether oxygens (including phenoxy) is 2. The van der Waals surface area contributed by atoms with Gasteiger partial charge in [0.1, 0.15) is 15.1 Å². The van der Waals surface area contributed by atoms with Crippen LogP contribution in [0.5, 0.6) is 0 Å². The highest BCUT2D eigenvalue weighted by molar-refractivity contribution is 7.77. The summed E-state index contributed by atoms with van der Waals surface area (Å²) < 4.78 is 37.2. The van der Waals surface area contributed by atoms with Crippen molar-refractivity contribution in [3.8, 4) is 0 Å². The zero-order valence-electron chi connectivity index (χ0n) is 36.1. The Balaban J connectivity index is 0. The summed E-state index contributed by atoms with van der Waals surface area (Å²) in [4.78, 5) is 5.64. The lowest BCUT2D eigenvalue weighted by Crippen LogP contribution is -2.34. The monoisotopic (exact) mass is 846 g/mol. The van der Waals surface area contributed by atoms with Gasteiger partial charge in [-0.3, -0.25) is 0 Å². The molecule has 56 heavy (non-hydrogen) atoms. The Morgan fingerprint density at radius 3 is 1.54 bits per heavy atom. The van der Waals surface area contributed by atoms with E-state index in [1.165, 1.54) is 51.4 Å². The van der Waals surface area contributed by atoms with Gasteiger partial charge in [-0.05, 0) is 93.8 Å². The van der Waals surface area contributed by atoms with E-state index >= 15 is 0 Å². The Labute approximate surface area is 347 Å². The number of unbranched alkanes of at least 4 members (excludes halogenated alkanes) is 8. The fourth-order valence-corrected chi connectivity index (χ4v) is 8.57. The Morgan fingerprint density at radius 2 is 1.14 bits per heavy atom. The highest BCUT2D eigenvalue weighted by Gasteiger charge is 2.28. The number of rotatable bonds is 38. The Bertz CT molecular complexity index is 998. The van der Waals surface area contributed by atoms with E-state index in [0.29, 0.717) is 19.8 Å². The second kappa shape index (κ2) is 41.2. The molecule has 0 heterocycles. The largest absolute Gasteiger partial charge is 0.396 e. The van der Waals surface area contributed by atoms with Gasteiger partial charge in [-0.1, -0.05) is 94.4 Å². The smallest absolute Gasteiger partial charge is 0.259 e. The van der Waals surface area contributed by atoms with Crippen LogP contribution in [0.25, 0.3) is 20.9 Å². The molecular formula is C37H76B2N7O7P3. The molecule has 5 unspecified atom stereocenters. The molecule has 0 aromatic carbocycles. The number of aliphatic hydroxyl groups excluding tert-OH is 1.